The number of hydrogen-bond acceptors (Lipinski definition) is 4. The Morgan fingerprint density at radius 3 is 2.89 bits per heavy atom. The lowest BCUT2D eigenvalue weighted by molar-refractivity contribution is 0.174. The first-order chi connectivity index (χ1) is 8.81. The molecule has 5 heteroatoms. The van der Waals surface area contributed by atoms with Crippen molar-refractivity contribution in [3.8, 4) is 11.5 Å². The molecule has 1 aromatic rings. The smallest absolute Gasteiger partial charge is 0.231 e. The summed E-state index contributed by atoms with van der Waals surface area (Å²) in [6, 6.07) is 4.02. The van der Waals surface area contributed by atoms with Crippen LogP contribution in [0.1, 0.15) is 18.9 Å². The molecule has 0 bridgehead atoms. The van der Waals surface area contributed by atoms with Crippen LogP contribution in [0.5, 0.6) is 11.5 Å². The summed E-state index contributed by atoms with van der Waals surface area (Å²) >= 11 is 5.55. The van der Waals surface area contributed by atoms with Crippen LogP contribution in [-0.4, -0.2) is 24.8 Å². The normalized spacial score (nSPS) is 13.0. The zero-order valence-electron chi connectivity index (χ0n) is 10.5. The first kappa shape index (κ1) is 14.0. The zero-order chi connectivity index (χ0) is 12.8. The Labute approximate surface area is 121 Å². The van der Waals surface area contributed by atoms with Gasteiger partial charge in [0.05, 0.1) is 0 Å². The molecule has 0 radical (unpaired) electrons. The third kappa shape index (κ3) is 3.80. The van der Waals surface area contributed by atoms with Gasteiger partial charge in [-0.05, 0) is 42.2 Å². The highest BCUT2D eigenvalue weighted by molar-refractivity contribution is 9.10. The number of nitrogens with one attached hydrogen (secondary N) is 1. The maximum Gasteiger partial charge on any atom is 0.231 e. The molecule has 0 spiro atoms. The first-order valence-corrected chi connectivity index (χ1v) is 8.12. The molecule has 0 aromatic heterocycles. The zero-order valence-corrected chi connectivity index (χ0v) is 12.9. The van der Waals surface area contributed by atoms with Crippen LogP contribution in [-0.2, 0) is 6.54 Å². The molecule has 1 aliphatic rings. The van der Waals surface area contributed by atoms with Crippen molar-refractivity contribution in [1.82, 2.24) is 5.32 Å². The monoisotopic (exact) mass is 331 g/mol. The fourth-order valence-electron chi connectivity index (χ4n) is 1.76. The Balaban J connectivity index is 1.79. The second kappa shape index (κ2) is 7.26. The summed E-state index contributed by atoms with van der Waals surface area (Å²) < 4.78 is 11.8. The molecule has 0 unspecified atom stereocenters. The summed E-state index contributed by atoms with van der Waals surface area (Å²) in [5.41, 5.74) is 1.21. The Kier molecular flexibility index (Phi) is 5.66. The van der Waals surface area contributed by atoms with Gasteiger partial charge >= 0.3 is 0 Å². The lowest BCUT2D eigenvalue weighted by Gasteiger charge is -2.08. The van der Waals surface area contributed by atoms with Gasteiger partial charge in [0.1, 0.15) is 0 Å². The van der Waals surface area contributed by atoms with Gasteiger partial charge in [-0.15, -0.1) is 0 Å². The largest absolute Gasteiger partial charge is 0.454 e. The van der Waals surface area contributed by atoms with E-state index in [1.807, 2.05) is 23.9 Å². The van der Waals surface area contributed by atoms with Crippen LogP contribution in [0.15, 0.2) is 16.6 Å². The van der Waals surface area contributed by atoms with Crippen molar-refractivity contribution in [2.75, 3.05) is 24.8 Å². The summed E-state index contributed by atoms with van der Waals surface area (Å²) in [5.74, 6) is 4.10. The van der Waals surface area contributed by atoms with E-state index in [2.05, 4.69) is 28.2 Å². The molecular weight excluding hydrogens is 314 g/mol. The number of ether oxygens (including phenoxy) is 2. The molecule has 0 saturated heterocycles. The Morgan fingerprint density at radius 1 is 1.33 bits per heavy atom. The molecule has 18 heavy (non-hydrogen) atoms. The Hall–Kier alpha value is -0.390. The second-order valence-electron chi connectivity index (χ2n) is 4.02. The predicted molar refractivity (Wildman–Crippen MR) is 79.6 cm³/mol. The molecule has 0 aliphatic carbocycles. The van der Waals surface area contributed by atoms with Gasteiger partial charge in [-0.3, -0.25) is 0 Å². The number of thioether (sulfide) groups is 1. The lowest BCUT2D eigenvalue weighted by atomic mass is 10.2. The van der Waals surface area contributed by atoms with E-state index in [1.165, 1.54) is 23.5 Å². The van der Waals surface area contributed by atoms with E-state index in [0.29, 0.717) is 6.79 Å². The first-order valence-electron chi connectivity index (χ1n) is 6.17. The minimum absolute atomic E-state index is 0.326. The minimum Gasteiger partial charge on any atom is -0.454 e. The number of fused-ring (bicyclic) bond motifs is 1. The highest BCUT2D eigenvalue weighted by Gasteiger charge is 2.15. The molecule has 1 N–H and O–H groups in total. The summed E-state index contributed by atoms with van der Waals surface area (Å²) in [5, 5.41) is 3.45. The van der Waals surface area contributed by atoms with E-state index in [0.717, 1.165) is 29.1 Å². The molecule has 1 aliphatic heterocycles. The fourth-order valence-corrected chi connectivity index (χ4v) is 2.86. The molecule has 100 valence electrons. The van der Waals surface area contributed by atoms with Crippen LogP contribution in [0, 0.1) is 0 Å². The Bertz CT molecular complexity index is 401. The van der Waals surface area contributed by atoms with Crippen LogP contribution in [0.2, 0.25) is 0 Å². The maximum atomic E-state index is 5.38. The van der Waals surface area contributed by atoms with Gasteiger partial charge in [0.15, 0.2) is 11.5 Å². The SMILES string of the molecule is CCSCCCNCc1cc2c(cc1Br)OCO2. The molecule has 0 amide bonds. The summed E-state index contributed by atoms with van der Waals surface area (Å²) in [7, 11) is 0. The van der Waals surface area contributed by atoms with Crippen molar-refractivity contribution in [1.29, 1.82) is 0 Å². The van der Waals surface area contributed by atoms with Gasteiger partial charge in [-0.1, -0.05) is 22.9 Å². The molecule has 0 saturated carbocycles. The van der Waals surface area contributed by atoms with Crippen molar-refractivity contribution in [2.45, 2.75) is 19.9 Å². The van der Waals surface area contributed by atoms with Crippen molar-refractivity contribution in [3.63, 3.8) is 0 Å². The highest BCUT2D eigenvalue weighted by Crippen LogP contribution is 2.36. The lowest BCUT2D eigenvalue weighted by Crippen LogP contribution is -2.15. The van der Waals surface area contributed by atoms with Gasteiger partial charge < -0.3 is 14.8 Å². The third-order valence-corrected chi connectivity index (χ3v) is 4.43. The van der Waals surface area contributed by atoms with Gasteiger partial charge in [-0.25, -0.2) is 0 Å². The number of rotatable bonds is 7. The molecule has 1 heterocycles. The van der Waals surface area contributed by atoms with E-state index in [4.69, 9.17) is 9.47 Å². The summed E-state index contributed by atoms with van der Waals surface area (Å²) in [6.07, 6.45) is 1.21. The van der Waals surface area contributed by atoms with E-state index >= 15 is 0 Å². The van der Waals surface area contributed by atoms with Gasteiger partial charge in [0, 0.05) is 11.0 Å². The Morgan fingerprint density at radius 2 is 2.11 bits per heavy atom. The minimum atomic E-state index is 0.326. The van der Waals surface area contributed by atoms with Crippen molar-refractivity contribution in [2.24, 2.45) is 0 Å². The van der Waals surface area contributed by atoms with Crippen LogP contribution in [0.3, 0.4) is 0 Å². The van der Waals surface area contributed by atoms with E-state index in [1.54, 1.807) is 0 Å². The maximum absolute atomic E-state index is 5.38. The number of benzene rings is 1. The average molecular weight is 332 g/mol. The van der Waals surface area contributed by atoms with E-state index in [-0.39, 0.29) is 0 Å². The molecule has 3 nitrogen and oxygen atoms in total. The fraction of sp³-hybridized carbons (Fsp3) is 0.538. The third-order valence-electron chi connectivity index (χ3n) is 2.70. The van der Waals surface area contributed by atoms with Crippen LogP contribution >= 0.6 is 27.7 Å². The van der Waals surface area contributed by atoms with Crippen LogP contribution < -0.4 is 14.8 Å². The standard InChI is InChI=1S/C13H18BrNO2S/c1-2-18-5-3-4-15-8-10-6-12-13(7-11(10)14)17-9-16-12/h6-7,15H,2-5,8-9H2,1H3. The molecule has 1 aromatic carbocycles. The predicted octanol–water partition coefficient (Wildman–Crippen LogP) is 3.41. The second-order valence-corrected chi connectivity index (χ2v) is 6.27. The number of hydrogen-bond donors (Lipinski definition) is 1. The quantitative estimate of drug-likeness (QED) is 0.775. The van der Waals surface area contributed by atoms with Gasteiger partial charge in [0.2, 0.25) is 6.79 Å². The van der Waals surface area contributed by atoms with E-state index in [9.17, 15) is 0 Å². The number of halogens is 1. The molecule has 0 atom stereocenters. The topological polar surface area (TPSA) is 30.5 Å². The summed E-state index contributed by atoms with van der Waals surface area (Å²) in [6.45, 7) is 4.43. The van der Waals surface area contributed by atoms with Gasteiger partial charge in [-0.2, -0.15) is 11.8 Å². The van der Waals surface area contributed by atoms with E-state index < -0.39 is 0 Å². The average Bonchev–Trinajstić information content (AvgIpc) is 2.80. The van der Waals surface area contributed by atoms with Crippen molar-refractivity contribution >= 4 is 27.7 Å². The van der Waals surface area contributed by atoms with Crippen molar-refractivity contribution < 1.29 is 9.47 Å². The summed E-state index contributed by atoms with van der Waals surface area (Å²) in [4.78, 5) is 0. The van der Waals surface area contributed by atoms with Crippen molar-refractivity contribution in [3.05, 3.63) is 22.2 Å². The van der Waals surface area contributed by atoms with Gasteiger partial charge in [0.25, 0.3) is 0 Å². The molecule has 0 fully saturated rings. The van der Waals surface area contributed by atoms with Crippen LogP contribution in [0.4, 0.5) is 0 Å². The van der Waals surface area contributed by atoms with Crippen LogP contribution in [0.25, 0.3) is 0 Å². The highest BCUT2D eigenvalue weighted by atomic mass is 79.9. The molecular formula is C13H18BrNO2S. The molecule has 2 rings (SSSR count).